The highest BCUT2D eigenvalue weighted by molar-refractivity contribution is 7.89. The minimum Gasteiger partial charge on any atom is -0.393 e. The number of amides is 1. The number of carbonyl (C=O) groups excluding carboxylic acids is 1. The summed E-state index contributed by atoms with van der Waals surface area (Å²) in [6.45, 7) is 4.30. The number of nitrogens with zero attached hydrogens (tertiary/aromatic N) is 1. The van der Waals surface area contributed by atoms with E-state index in [1.165, 1.54) is 18.2 Å². The maximum atomic E-state index is 12.6. The van der Waals surface area contributed by atoms with Crippen molar-refractivity contribution in [2.75, 3.05) is 13.1 Å². The molecule has 0 radical (unpaired) electrons. The molecule has 0 saturated carbocycles. The molecule has 1 aliphatic rings. The van der Waals surface area contributed by atoms with Crippen LogP contribution in [0.15, 0.2) is 23.1 Å². The Morgan fingerprint density at radius 1 is 1.35 bits per heavy atom. The van der Waals surface area contributed by atoms with Crippen molar-refractivity contribution < 1.29 is 18.3 Å². The minimum absolute atomic E-state index is 0.0102. The number of carbonyl (C=O) groups is 1. The summed E-state index contributed by atoms with van der Waals surface area (Å²) in [4.78, 5) is 14.2. The first-order valence-electron chi connectivity index (χ1n) is 7.50. The maximum Gasteiger partial charge on any atom is 0.255 e. The second-order valence-electron chi connectivity index (χ2n) is 5.94. The third-order valence-electron chi connectivity index (χ3n) is 3.62. The summed E-state index contributed by atoms with van der Waals surface area (Å²) in [6.07, 6.45) is 0.628. The van der Waals surface area contributed by atoms with Gasteiger partial charge in [-0.15, -0.1) is 0 Å². The highest BCUT2D eigenvalue weighted by Gasteiger charge is 2.25. The molecule has 1 amide bonds. The molecular weight excluding hydrogens is 340 g/mol. The largest absolute Gasteiger partial charge is 0.393 e. The molecule has 2 N–H and O–H groups in total. The van der Waals surface area contributed by atoms with Crippen LogP contribution in [0.1, 0.15) is 37.0 Å². The smallest absolute Gasteiger partial charge is 0.255 e. The number of sulfonamides is 1. The van der Waals surface area contributed by atoms with Gasteiger partial charge in [-0.25, -0.2) is 13.1 Å². The van der Waals surface area contributed by atoms with Gasteiger partial charge in [-0.05, 0) is 44.9 Å². The van der Waals surface area contributed by atoms with Crippen molar-refractivity contribution in [3.8, 4) is 0 Å². The molecule has 1 heterocycles. The van der Waals surface area contributed by atoms with Crippen LogP contribution in [-0.4, -0.2) is 49.6 Å². The fraction of sp³-hybridized carbons (Fsp3) is 0.533. The van der Waals surface area contributed by atoms with E-state index in [1.54, 1.807) is 18.7 Å². The number of piperidine rings is 1. The first-order chi connectivity index (χ1) is 10.7. The van der Waals surface area contributed by atoms with Gasteiger partial charge in [0, 0.05) is 19.1 Å². The molecule has 1 saturated heterocycles. The van der Waals surface area contributed by atoms with Crippen LogP contribution in [0.4, 0.5) is 0 Å². The molecule has 2 rings (SSSR count). The van der Waals surface area contributed by atoms with Gasteiger partial charge in [0.15, 0.2) is 0 Å². The first kappa shape index (κ1) is 18.2. The second kappa shape index (κ2) is 7.17. The van der Waals surface area contributed by atoms with Crippen LogP contribution in [-0.2, 0) is 10.0 Å². The summed E-state index contributed by atoms with van der Waals surface area (Å²) in [7, 11) is -3.69. The molecule has 0 aliphatic carbocycles. The predicted octanol–water partition coefficient (Wildman–Crippen LogP) is 1.62. The van der Waals surface area contributed by atoms with Gasteiger partial charge in [0.05, 0.1) is 21.6 Å². The molecule has 1 fully saturated rings. The highest BCUT2D eigenvalue weighted by atomic mass is 35.5. The Bertz CT molecular complexity index is 683. The van der Waals surface area contributed by atoms with E-state index in [0.717, 1.165) is 0 Å². The molecule has 128 valence electrons. The summed E-state index contributed by atoms with van der Waals surface area (Å²) < 4.78 is 26.9. The van der Waals surface area contributed by atoms with Crippen LogP contribution in [0.5, 0.6) is 0 Å². The Kier molecular flexibility index (Phi) is 5.67. The van der Waals surface area contributed by atoms with E-state index in [2.05, 4.69) is 4.72 Å². The third kappa shape index (κ3) is 4.44. The van der Waals surface area contributed by atoms with Gasteiger partial charge in [0.1, 0.15) is 0 Å². The van der Waals surface area contributed by atoms with E-state index in [9.17, 15) is 18.3 Å². The number of likely N-dealkylation sites (tertiary alicyclic amines) is 1. The molecule has 1 aromatic carbocycles. The van der Waals surface area contributed by atoms with E-state index in [-0.39, 0.29) is 27.4 Å². The summed E-state index contributed by atoms with van der Waals surface area (Å²) in [6, 6.07) is 3.85. The van der Waals surface area contributed by atoms with E-state index in [4.69, 9.17) is 11.6 Å². The summed E-state index contributed by atoms with van der Waals surface area (Å²) >= 11 is 6.08. The monoisotopic (exact) mass is 360 g/mol. The predicted molar refractivity (Wildman–Crippen MR) is 88.1 cm³/mol. The van der Waals surface area contributed by atoms with Crippen LogP contribution < -0.4 is 4.72 Å². The van der Waals surface area contributed by atoms with Crippen molar-refractivity contribution in [1.82, 2.24) is 9.62 Å². The number of hydrogen-bond acceptors (Lipinski definition) is 4. The lowest BCUT2D eigenvalue weighted by Gasteiger charge is -2.30. The number of halogens is 1. The molecule has 23 heavy (non-hydrogen) atoms. The van der Waals surface area contributed by atoms with Crippen molar-refractivity contribution in [3.63, 3.8) is 0 Å². The van der Waals surface area contributed by atoms with Crippen molar-refractivity contribution in [3.05, 3.63) is 28.8 Å². The Hall–Kier alpha value is -1.15. The fourth-order valence-electron chi connectivity index (χ4n) is 2.45. The van der Waals surface area contributed by atoms with Crippen LogP contribution in [0.2, 0.25) is 5.02 Å². The summed E-state index contributed by atoms with van der Waals surface area (Å²) in [5, 5.41) is 9.73. The summed E-state index contributed by atoms with van der Waals surface area (Å²) in [5.41, 5.74) is 0.162. The second-order valence-corrected chi connectivity index (χ2v) is 8.06. The lowest BCUT2D eigenvalue weighted by molar-refractivity contribution is 0.0546. The highest BCUT2D eigenvalue weighted by Crippen LogP contribution is 2.23. The molecule has 1 aliphatic heterocycles. The molecule has 6 nitrogen and oxygen atoms in total. The van der Waals surface area contributed by atoms with Gasteiger partial charge in [0.25, 0.3) is 5.91 Å². The van der Waals surface area contributed by atoms with Gasteiger partial charge in [-0.2, -0.15) is 0 Å². The van der Waals surface area contributed by atoms with Crippen molar-refractivity contribution in [2.45, 2.75) is 43.7 Å². The molecular formula is C15H21ClN2O4S. The number of benzene rings is 1. The van der Waals surface area contributed by atoms with Crippen LogP contribution in [0, 0.1) is 0 Å². The average Bonchev–Trinajstić information content (AvgIpc) is 2.46. The molecule has 0 atom stereocenters. The molecule has 0 aromatic heterocycles. The fourth-order valence-corrected chi connectivity index (χ4v) is 3.93. The standard InChI is InChI=1S/C15H21ClN2O4S/c1-10(2)17-23(21,22)12-3-4-14(16)13(9-12)15(20)18-7-5-11(19)6-8-18/h3-4,9-11,17,19H,5-8H2,1-2H3. The van der Waals surface area contributed by atoms with Gasteiger partial charge < -0.3 is 10.0 Å². The minimum atomic E-state index is -3.69. The molecule has 0 unspecified atom stereocenters. The van der Waals surface area contributed by atoms with E-state index in [1.807, 2.05) is 0 Å². The average molecular weight is 361 g/mol. The Balaban J connectivity index is 2.29. The van der Waals surface area contributed by atoms with Gasteiger partial charge in [0.2, 0.25) is 10.0 Å². The van der Waals surface area contributed by atoms with Crippen molar-refractivity contribution in [2.24, 2.45) is 0 Å². The first-order valence-corrected chi connectivity index (χ1v) is 9.36. The zero-order chi connectivity index (χ0) is 17.2. The number of aliphatic hydroxyl groups excluding tert-OH is 1. The Morgan fingerprint density at radius 3 is 2.52 bits per heavy atom. The summed E-state index contributed by atoms with van der Waals surface area (Å²) in [5.74, 6) is -0.316. The molecule has 0 bridgehead atoms. The van der Waals surface area contributed by atoms with Gasteiger partial charge in [-0.3, -0.25) is 4.79 Å². The number of rotatable bonds is 4. The lowest BCUT2D eigenvalue weighted by Crippen LogP contribution is -2.40. The maximum absolute atomic E-state index is 12.6. The Labute approximate surface area is 141 Å². The number of aliphatic hydroxyl groups is 1. The van der Waals surface area contributed by atoms with Gasteiger partial charge in [-0.1, -0.05) is 11.6 Å². The number of hydrogen-bond donors (Lipinski definition) is 2. The topological polar surface area (TPSA) is 86.7 Å². The lowest BCUT2D eigenvalue weighted by atomic mass is 10.1. The third-order valence-corrected chi connectivity index (χ3v) is 5.61. The number of nitrogens with one attached hydrogen (secondary N) is 1. The van der Waals surface area contributed by atoms with Crippen LogP contribution >= 0.6 is 11.6 Å². The van der Waals surface area contributed by atoms with Crippen LogP contribution in [0.3, 0.4) is 0 Å². The molecule has 1 aromatic rings. The normalized spacial score (nSPS) is 16.8. The van der Waals surface area contributed by atoms with E-state index >= 15 is 0 Å². The van der Waals surface area contributed by atoms with Crippen molar-refractivity contribution in [1.29, 1.82) is 0 Å². The molecule has 0 spiro atoms. The van der Waals surface area contributed by atoms with Crippen LogP contribution in [0.25, 0.3) is 0 Å². The SMILES string of the molecule is CC(C)NS(=O)(=O)c1ccc(Cl)c(C(=O)N2CCC(O)CC2)c1. The quantitative estimate of drug-likeness (QED) is 0.854. The van der Waals surface area contributed by atoms with Crippen molar-refractivity contribution >= 4 is 27.5 Å². The van der Waals surface area contributed by atoms with E-state index < -0.39 is 16.1 Å². The molecule has 8 heteroatoms. The van der Waals surface area contributed by atoms with Gasteiger partial charge >= 0.3 is 0 Å². The zero-order valence-electron chi connectivity index (χ0n) is 13.1. The van der Waals surface area contributed by atoms with E-state index in [0.29, 0.717) is 25.9 Å². The Morgan fingerprint density at radius 2 is 1.96 bits per heavy atom. The zero-order valence-corrected chi connectivity index (χ0v) is 14.7.